The zero-order chi connectivity index (χ0) is 16.8. The fraction of sp³-hybridized carbons (Fsp3) is 0.0556. The number of nitrogens with zero attached hydrogens (tertiary/aromatic N) is 3. The zero-order valence-electron chi connectivity index (χ0n) is 13.3. The average molecular weight is 555 g/mol. The van der Waals surface area contributed by atoms with E-state index in [1.165, 1.54) is 10.7 Å². The second-order valence-corrected chi connectivity index (χ2v) is 5.04. The number of nitrogens with one attached hydrogen (secondary N) is 2. The molecular formula is C18H15N5OU. The molecule has 0 aliphatic rings. The number of hydrogen-bond acceptors (Lipinski definition) is 3. The number of H-pyrrole nitrogens is 1. The van der Waals surface area contributed by atoms with Gasteiger partial charge in [0.15, 0.2) is 0 Å². The van der Waals surface area contributed by atoms with Crippen LogP contribution in [-0.2, 0) is 6.54 Å². The third-order valence-electron chi connectivity index (χ3n) is 3.29. The minimum absolute atomic E-state index is 0. The van der Waals surface area contributed by atoms with Gasteiger partial charge in [0.25, 0.3) is 5.56 Å². The second-order valence-electron chi connectivity index (χ2n) is 5.04. The van der Waals surface area contributed by atoms with Gasteiger partial charge in [-0.25, -0.2) is 4.68 Å². The van der Waals surface area contributed by atoms with Gasteiger partial charge in [-0.15, -0.1) is 0 Å². The molecule has 0 unspecified atom stereocenters. The Labute approximate surface area is 168 Å². The summed E-state index contributed by atoms with van der Waals surface area (Å²) >= 11 is 0. The molecule has 25 heavy (non-hydrogen) atoms. The van der Waals surface area contributed by atoms with Crippen molar-refractivity contribution in [3.05, 3.63) is 94.4 Å². The van der Waals surface area contributed by atoms with Crippen LogP contribution in [0.2, 0.25) is 0 Å². The van der Waals surface area contributed by atoms with E-state index in [2.05, 4.69) is 21.4 Å². The Morgan fingerprint density at radius 2 is 1.76 bits per heavy atom. The van der Waals surface area contributed by atoms with Crippen molar-refractivity contribution in [2.24, 2.45) is 0 Å². The molecule has 0 aliphatic carbocycles. The molecule has 0 saturated carbocycles. The second kappa shape index (κ2) is 9.21. The molecular weight excluding hydrogens is 540 g/mol. The standard InChI is InChI=1S/C12H11N5O.C6H5.U/c13-12-11-9(14-15-12)6-10(18)17(16-11)7-8-4-2-1-3-5-8;1-2-4-6-5-3-1;/h1-6H,7H2,(H3,13,14,15,16,18);1-5H;/q;-1;+2/p-1. The maximum absolute atomic E-state index is 11.8. The third-order valence-corrected chi connectivity index (χ3v) is 3.29. The van der Waals surface area contributed by atoms with E-state index < -0.39 is 0 Å². The number of rotatable bonds is 2. The summed E-state index contributed by atoms with van der Waals surface area (Å²) in [4.78, 5) is 11.8. The van der Waals surface area contributed by atoms with Crippen LogP contribution >= 0.6 is 0 Å². The minimum Gasteiger partial charge on any atom is -0.479 e. The molecule has 0 radical (unpaired) electrons. The number of benzene rings is 2. The van der Waals surface area contributed by atoms with Crippen molar-refractivity contribution in [3.8, 4) is 0 Å². The fourth-order valence-electron chi connectivity index (χ4n) is 2.13. The summed E-state index contributed by atoms with van der Waals surface area (Å²) in [5.41, 5.74) is 9.25. The van der Waals surface area contributed by atoms with Gasteiger partial charge in [0.05, 0.1) is 12.1 Å². The number of fused-ring (bicyclic) bond motifs is 1. The van der Waals surface area contributed by atoms with E-state index >= 15 is 0 Å². The number of aromatic amines is 1. The summed E-state index contributed by atoms with van der Waals surface area (Å²) in [7, 11) is 0. The molecule has 6 nitrogen and oxygen atoms in total. The van der Waals surface area contributed by atoms with E-state index in [9.17, 15) is 4.79 Å². The smallest absolute Gasteiger partial charge is 0.479 e. The fourth-order valence-corrected chi connectivity index (χ4v) is 2.13. The Morgan fingerprint density at radius 3 is 2.36 bits per heavy atom. The van der Waals surface area contributed by atoms with E-state index in [0.717, 1.165) is 5.56 Å². The van der Waals surface area contributed by atoms with Crippen molar-refractivity contribution < 1.29 is 31.1 Å². The first-order valence-corrected chi connectivity index (χ1v) is 7.37. The maximum Gasteiger partial charge on any atom is 2.00 e. The van der Waals surface area contributed by atoms with Gasteiger partial charge in [-0.05, 0) is 11.4 Å². The van der Waals surface area contributed by atoms with Crippen molar-refractivity contribution in [2.75, 3.05) is 0 Å². The first kappa shape index (κ1) is 19.0. The predicted octanol–water partition coefficient (Wildman–Crippen LogP) is 3.34. The van der Waals surface area contributed by atoms with Gasteiger partial charge in [-0.2, -0.15) is 41.5 Å². The van der Waals surface area contributed by atoms with Crippen molar-refractivity contribution in [1.29, 1.82) is 0 Å². The van der Waals surface area contributed by atoms with Gasteiger partial charge < -0.3 is 15.9 Å². The normalized spacial score (nSPS) is 9.76. The van der Waals surface area contributed by atoms with Crippen molar-refractivity contribution in [3.63, 3.8) is 0 Å². The molecule has 0 fully saturated rings. The molecule has 0 atom stereocenters. The van der Waals surface area contributed by atoms with E-state index in [0.29, 0.717) is 17.6 Å². The third kappa shape index (κ3) is 5.05. The molecule has 7 heteroatoms. The molecule has 122 valence electrons. The molecule has 0 amide bonds. The molecule has 0 saturated heterocycles. The predicted molar refractivity (Wildman–Crippen MR) is 93.0 cm³/mol. The van der Waals surface area contributed by atoms with E-state index in [1.807, 2.05) is 60.7 Å². The van der Waals surface area contributed by atoms with Gasteiger partial charge in [-0.1, -0.05) is 30.3 Å². The Bertz CT molecular complexity index is 940. The van der Waals surface area contributed by atoms with Crippen LogP contribution in [0, 0.1) is 37.2 Å². The Balaban J connectivity index is 0.000000275. The Hall–Kier alpha value is -2.36. The largest absolute Gasteiger partial charge is 2.00 e. The van der Waals surface area contributed by atoms with Gasteiger partial charge in [0, 0.05) is 6.07 Å². The number of hydrogen-bond donors (Lipinski definition) is 1. The molecule has 2 aromatic carbocycles. The van der Waals surface area contributed by atoms with E-state index in [4.69, 9.17) is 5.73 Å². The van der Waals surface area contributed by atoms with Gasteiger partial charge in [0.1, 0.15) is 5.52 Å². The topological polar surface area (TPSA) is 87.4 Å². The van der Waals surface area contributed by atoms with Crippen LogP contribution in [0.1, 0.15) is 5.56 Å². The van der Waals surface area contributed by atoms with Gasteiger partial charge in [-0.3, -0.25) is 4.79 Å². The summed E-state index contributed by atoms with van der Waals surface area (Å²) in [5, 5.41) is 10.5. The average Bonchev–Trinajstić information content (AvgIpc) is 2.98. The van der Waals surface area contributed by atoms with Crippen LogP contribution in [0.15, 0.2) is 71.5 Å². The SMILES string of the molecule is [NH-]c1n[nH]c2cc(=O)n(Cc3ccccc3)nc12.[U+2].[c-]1ccccc1. The molecule has 2 heterocycles. The van der Waals surface area contributed by atoms with Gasteiger partial charge >= 0.3 is 31.1 Å². The van der Waals surface area contributed by atoms with Crippen LogP contribution in [0.3, 0.4) is 0 Å². The first-order valence-electron chi connectivity index (χ1n) is 7.37. The van der Waals surface area contributed by atoms with Crippen LogP contribution in [0.5, 0.6) is 0 Å². The maximum atomic E-state index is 11.8. The summed E-state index contributed by atoms with van der Waals surface area (Å²) in [6, 6.07) is 23.5. The zero-order valence-corrected chi connectivity index (χ0v) is 17.5. The molecule has 0 spiro atoms. The van der Waals surface area contributed by atoms with Crippen LogP contribution in [0.4, 0.5) is 5.82 Å². The molecule has 2 N–H and O–H groups in total. The van der Waals surface area contributed by atoms with Gasteiger partial charge in [0.2, 0.25) is 0 Å². The van der Waals surface area contributed by atoms with Crippen molar-refractivity contribution in [2.45, 2.75) is 6.54 Å². The van der Waals surface area contributed by atoms with Crippen LogP contribution in [-0.4, -0.2) is 20.0 Å². The summed E-state index contributed by atoms with van der Waals surface area (Å²) < 4.78 is 1.34. The molecule has 4 aromatic rings. The Morgan fingerprint density at radius 1 is 1.08 bits per heavy atom. The molecule has 0 bridgehead atoms. The molecule has 2 aromatic heterocycles. The quantitative estimate of drug-likeness (QED) is 0.385. The molecule has 0 aliphatic heterocycles. The minimum atomic E-state index is -0.213. The van der Waals surface area contributed by atoms with Crippen LogP contribution < -0.4 is 5.56 Å². The summed E-state index contributed by atoms with van der Waals surface area (Å²) in [5.74, 6) is 0.0480. The first-order chi connectivity index (χ1) is 11.7. The summed E-state index contributed by atoms with van der Waals surface area (Å²) in [6.45, 7) is 0.389. The van der Waals surface area contributed by atoms with Crippen molar-refractivity contribution in [1.82, 2.24) is 20.0 Å². The van der Waals surface area contributed by atoms with Crippen LogP contribution in [0.25, 0.3) is 16.8 Å². The summed E-state index contributed by atoms with van der Waals surface area (Å²) in [6.07, 6.45) is 0. The van der Waals surface area contributed by atoms with E-state index in [1.54, 1.807) is 0 Å². The van der Waals surface area contributed by atoms with Crippen molar-refractivity contribution >= 4 is 16.9 Å². The Kier molecular flexibility index (Phi) is 6.99. The van der Waals surface area contributed by atoms with E-state index in [-0.39, 0.29) is 42.5 Å². The monoisotopic (exact) mass is 555 g/mol. The number of aromatic nitrogens is 4. The molecule has 4 rings (SSSR count).